The first-order valence-corrected chi connectivity index (χ1v) is 7.43. The van der Waals surface area contributed by atoms with E-state index >= 15 is 0 Å². The van der Waals surface area contributed by atoms with Crippen LogP contribution in [0, 0.1) is 0 Å². The molecule has 1 heterocycles. The zero-order valence-electron chi connectivity index (χ0n) is 11.6. The van der Waals surface area contributed by atoms with Crippen molar-refractivity contribution in [1.29, 1.82) is 0 Å². The Hall–Kier alpha value is -1.08. The Labute approximate surface area is 129 Å². The van der Waals surface area contributed by atoms with E-state index < -0.39 is 11.7 Å². The molecule has 0 N–H and O–H groups in total. The van der Waals surface area contributed by atoms with Crippen LogP contribution >= 0.6 is 15.9 Å². The fraction of sp³-hybridized carbons (Fsp3) is 0.500. The van der Waals surface area contributed by atoms with Crippen LogP contribution in [-0.4, -0.2) is 48.9 Å². The first-order chi connectivity index (χ1) is 9.79. The van der Waals surface area contributed by atoms with Gasteiger partial charge in [-0.15, -0.1) is 0 Å². The van der Waals surface area contributed by atoms with Gasteiger partial charge >= 0.3 is 6.18 Å². The van der Waals surface area contributed by atoms with Crippen LogP contribution < -0.4 is 0 Å². The smallest absolute Gasteiger partial charge is 0.337 e. The van der Waals surface area contributed by atoms with Crippen LogP contribution in [0.1, 0.15) is 22.3 Å². The van der Waals surface area contributed by atoms with Gasteiger partial charge in [-0.1, -0.05) is 15.9 Å². The van der Waals surface area contributed by atoms with E-state index in [0.29, 0.717) is 13.1 Å². The minimum absolute atomic E-state index is 0.0536. The molecule has 1 amide bonds. The maximum atomic E-state index is 12.9. The molecule has 1 aromatic rings. The number of nitrogens with zero attached hydrogens (tertiary/aromatic N) is 2. The van der Waals surface area contributed by atoms with Gasteiger partial charge in [0.15, 0.2) is 0 Å². The largest absolute Gasteiger partial charge is 0.417 e. The predicted octanol–water partition coefficient (Wildman–Crippen LogP) is 3.25. The fourth-order valence-electron chi connectivity index (χ4n) is 2.31. The van der Waals surface area contributed by atoms with E-state index in [1.54, 1.807) is 4.90 Å². The number of rotatable bonds is 1. The summed E-state index contributed by atoms with van der Waals surface area (Å²) in [6.45, 7) is 2.72. The lowest BCUT2D eigenvalue weighted by Crippen LogP contribution is -2.34. The van der Waals surface area contributed by atoms with Crippen LogP contribution in [0.2, 0.25) is 0 Å². The van der Waals surface area contributed by atoms with Crippen molar-refractivity contribution in [2.24, 2.45) is 0 Å². The van der Waals surface area contributed by atoms with Crippen molar-refractivity contribution in [2.75, 3.05) is 33.2 Å². The number of likely N-dealkylation sites (N-methyl/N-ethyl adjacent to an activating group) is 1. The molecule has 1 aliphatic rings. The van der Waals surface area contributed by atoms with Gasteiger partial charge in [0.1, 0.15) is 0 Å². The third-order valence-corrected chi connectivity index (χ3v) is 4.22. The van der Waals surface area contributed by atoms with Crippen molar-refractivity contribution in [1.82, 2.24) is 9.80 Å². The Balaban J connectivity index is 2.23. The summed E-state index contributed by atoms with van der Waals surface area (Å²) in [5.74, 6) is -0.344. The van der Waals surface area contributed by atoms with Gasteiger partial charge in [0.25, 0.3) is 5.91 Å². The van der Waals surface area contributed by atoms with Crippen LogP contribution in [0.3, 0.4) is 0 Å². The maximum Gasteiger partial charge on any atom is 0.417 e. The van der Waals surface area contributed by atoms with E-state index in [9.17, 15) is 18.0 Å². The van der Waals surface area contributed by atoms with Crippen molar-refractivity contribution < 1.29 is 18.0 Å². The molecular weight excluding hydrogens is 349 g/mol. The minimum Gasteiger partial charge on any atom is -0.337 e. The Morgan fingerprint density at radius 2 is 1.90 bits per heavy atom. The summed E-state index contributed by atoms with van der Waals surface area (Å²) < 4.78 is 38.6. The molecule has 7 heteroatoms. The number of carbonyl (C=O) groups excluding carboxylic acids is 1. The third kappa shape index (κ3) is 3.97. The molecule has 0 saturated carbocycles. The van der Waals surface area contributed by atoms with Crippen LogP contribution in [-0.2, 0) is 6.18 Å². The second kappa shape index (κ2) is 6.36. The number of hydrogen-bond donors (Lipinski definition) is 0. The van der Waals surface area contributed by atoms with Crippen molar-refractivity contribution in [3.05, 3.63) is 33.8 Å². The standard InChI is InChI=1S/C14H16BrF3N2O/c1-19-5-2-6-20(8-7-19)13(21)10-3-4-12(15)11(9-10)14(16,17)18/h3-4,9H,2,5-8H2,1H3. The average Bonchev–Trinajstić information content (AvgIpc) is 2.62. The average molecular weight is 365 g/mol. The quantitative estimate of drug-likeness (QED) is 0.763. The topological polar surface area (TPSA) is 23.6 Å². The van der Waals surface area contributed by atoms with Gasteiger partial charge in [0, 0.05) is 29.7 Å². The highest BCUT2D eigenvalue weighted by Crippen LogP contribution is 2.35. The molecule has 0 aliphatic carbocycles. The number of benzene rings is 1. The normalized spacial score (nSPS) is 17.7. The van der Waals surface area contributed by atoms with E-state index in [1.165, 1.54) is 12.1 Å². The van der Waals surface area contributed by atoms with Crippen molar-refractivity contribution in [3.8, 4) is 0 Å². The molecule has 0 unspecified atom stereocenters. The van der Waals surface area contributed by atoms with Crippen molar-refractivity contribution in [2.45, 2.75) is 12.6 Å². The molecule has 1 saturated heterocycles. The van der Waals surface area contributed by atoms with Gasteiger partial charge in [0.05, 0.1) is 5.56 Å². The SMILES string of the molecule is CN1CCCN(C(=O)c2ccc(Br)c(C(F)(F)F)c2)CC1. The van der Waals surface area contributed by atoms with Gasteiger partial charge in [0.2, 0.25) is 0 Å². The van der Waals surface area contributed by atoms with Crippen molar-refractivity contribution in [3.63, 3.8) is 0 Å². The van der Waals surface area contributed by atoms with Gasteiger partial charge in [-0.2, -0.15) is 13.2 Å². The van der Waals surface area contributed by atoms with E-state index in [4.69, 9.17) is 0 Å². The van der Waals surface area contributed by atoms with E-state index in [2.05, 4.69) is 20.8 Å². The molecule has 1 aromatic carbocycles. The third-order valence-electron chi connectivity index (χ3n) is 3.53. The summed E-state index contributed by atoms with van der Waals surface area (Å²) in [5.41, 5.74) is -0.740. The number of hydrogen-bond acceptors (Lipinski definition) is 2. The second-order valence-corrected chi connectivity index (χ2v) is 6.00. The summed E-state index contributed by atoms with van der Waals surface area (Å²) in [7, 11) is 1.97. The van der Waals surface area contributed by atoms with Gasteiger partial charge in [-0.05, 0) is 38.2 Å². The Kier molecular flexibility index (Phi) is 4.93. The zero-order chi connectivity index (χ0) is 15.6. The predicted molar refractivity (Wildman–Crippen MR) is 77.2 cm³/mol. The molecule has 0 spiro atoms. The Morgan fingerprint density at radius 1 is 1.19 bits per heavy atom. The molecule has 1 fully saturated rings. The lowest BCUT2D eigenvalue weighted by molar-refractivity contribution is -0.138. The highest BCUT2D eigenvalue weighted by atomic mass is 79.9. The monoisotopic (exact) mass is 364 g/mol. The van der Waals surface area contributed by atoms with Gasteiger partial charge in [-0.25, -0.2) is 0 Å². The number of halogens is 4. The van der Waals surface area contributed by atoms with Gasteiger partial charge in [-0.3, -0.25) is 4.79 Å². The molecule has 1 aliphatic heterocycles. The molecular formula is C14H16BrF3N2O. The lowest BCUT2D eigenvalue weighted by Gasteiger charge is -2.21. The molecule has 0 atom stereocenters. The van der Waals surface area contributed by atoms with Crippen LogP contribution in [0.15, 0.2) is 22.7 Å². The molecule has 3 nitrogen and oxygen atoms in total. The molecule has 21 heavy (non-hydrogen) atoms. The van der Waals surface area contributed by atoms with Gasteiger partial charge < -0.3 is 9.80 Å². The first kappa shape index (κ1) is 16.3. The summed E-state index contributed by atoms with van der Waals surface area (Å²) in [6, 6.07) is 3.62. The summed E-state index contributed by atoms with van der Waals surface area (Å²) in [4.78, 5) is 16.1. The molecule has 0 bridgehead atoms. The van der Waals surface area contributed by atoms with E-state index in [-0.39, 0.29) is 15.9 Å². The zero-order valence-corrected chi connectivity index (χ0v) is 13.2. The number of alkyl halides is 3. The van der Waals surface area contributed by atoms with E-state index in [1.807, 2.05) is 7.05 Å². The maximum absolute atomic E-state index is 12.9. The van der Waals surface area contributed by atoms with E-state index in [0.717, 1.165) is 25.6 Å². The molecule has 116 valence electrons. The van der Waals surface area contributed by atoms with Crippen LogP contribution in [0.25, 0.3) is 0 Å². The van der Waals surface area contributed by atoms with Crippen LogP contribution in [0.4, 0.5) is 13.2 Å². The summed E-state index contributed by atoms with van der Waals surface area (Å²) >= 11 is 2.88. The fourth-order valence-corrected chi connectivity index (χ4v) is 2.78. The number of amides is 1. The first-order valence-electron chi connectivity index (χ1n) is 6.63. The molecule has 0 aromatic heterocycles. The summed E-state index contributed by atoms with van der Waals surface area (Å²) in [6.07, 6.45) is -3.65. The minimum atomic E-state index is -4.48. The van der Waals surface area contributed by atoms with Crippen LogP contribution in [0.5, 0.6) is 0 Å². The second-order valence-electron chi connectivity index (χ2n) is 5.14. The Bertz CT molecular complexity index is 533. The highest BCUT2D eigenvalue weighted by Gasteiger charge is 2.34. The Morgan fingerprint density at radius 3 is 2.57 bits per heavy atom. The molecule has 2 rings (SSSR count). The molecule has 0 radical (unpaired) electrons. The number of carbonyl (C=O) groups is 1. The lowest BCUT2D eigenvalue weighted by atomic mass is 10.1. The summed E-state index contributed by atoms with van der Waals surface area (Å²) in [5, 5.41) is 0. The van der Waals surface area contributed by atoms with Crippen molar-refractivity contribution >= 4 is 21.8 Å². The highest BCUT2D eigenvalue weighted by molar-refractivity contribution is 9.10.